The van der Waals surface area contributed by atoms with Crippen LogP contribution in [0.4, 0.5) is 5.69 Å². The van der Waals surface area contributed by atoms with E-state index in [0.717, 1.165) is 27.2 Å². The van der Waals surface area contributed by atoms with E-state index in [1.54, 1.807) is 0 Å². The Bertz CT molecular complexity index is 594. The van der Waals surface area contributed by atoms with Gasteiger partial charge in [0, 0.05) is 17.6 Å². The lowest BCUT2D eigenvalue weighted by atomic mass is 10.1. The summed E-state index contributed by atoms with van der Waals surface area (Å²) in [6.45, 7) is 2.06. The lowest BCUT2D eigenvalue weighted by Gasteiger charge is -2.25. The summed E-state index contributed by atoms with van der Waals surface area (Å²) < 4.78 is 0. The van der Waals surface area contributed by atoms with Gasteiger partial charge in [0.2, 0.25) is 0 Å². The van der Waals surface area contributed by atoms with Crippen LogP contribution in [0.2, 0.25) is 5.02 Å². The van der Waals surface area contributed by atoms with Gasteiger partial charge in [0.1, 0.15) is 0 Å². The average molecular weight is 293 g/mol. The van der Waals surface area contributed by atoms with Crippen LogP contribution in [0.5, 0.6) is 0 Å². The SMILES string of the molecule is Cc1cc(Cl)c(NC2CCSCC2)c2cccnc12. The van der Waals surface area contributed by atoms with Crippen LogP contribution in [0.3, 0.4) is 0 Å². The minimum atomic E-state index is 0.532. The van der Waals surface area contributed by atoms with Crippen molar-refractivity contribution in [3.8, 4) is 0 Å². The van der Waals surface area contributed by atoms with E-state index in [9.17, 15) is 0 Å². The van der Waals surface area contributed by atoms with Crippen LogP contribution in [-0.2, 0) is 0 Å². The largest absolute Gasteiger partial charge is 0.380 e. The standard InChI is InChI=1S/C15H17ClN2S/c1-10-9-13(16)15(12-3-2-6-17-14(10)12)18-11-4-7-19-8-5-11/h2-3,6,9,11,18H,4-5,7-8H2,1H3. The number of thioether (sulfide) groups is 1. The molecule has 0 bridgehead atoms. The Hall–Kier alpha value is -0.930. The molecule has 100 valence electrons. The van der Waals surface area contributed by atoms with E-state index in [2.05, 4.69) is 23.3 Å². The van der Waals surface area contributed by atoms with E-state index in [4.69, 9.17) is 11.6 Å². The molecule has 0 radical (unpaired) electrons. The summed E-state index contributed by atoms with van der Waals surface area (Å²) >= 11 is 8.47. The summed E-state index contributed by atoms with van der Waals surface area (Å²) in [7, 11) is 0. The van der Waals surface area contributed by atoms with Crippen molar-refractivity contribution in [2.75, 3.05) is 16.8 Å². The molecule has 0 unspecified atom stereocenters. The third-order valence-electron chi connectivity index (χ3n) is 3.60. The highest BCUT2D eigenvalue weighted by molar-refractivity contribution is 7.99. The van der Waals surface area contributed by atoms with E-state index in [0.29, 0.717) is 6.04 Å². The molecule has 3 rings (SSSR count). The molecule has 1 saturated heterocycles. The lowest BCUT2D eigenvalue weighted by molar-refractivity contribution is 0.667. The van der Waals surface area contributed by atoms with Gasteiger partial charge in [-0.2, -0.15) is 11.8 Å². The van der Waals surface area contributed by atoms with Crippen LogP contribution < -0.4 is 5.32 Å². The third kappa shape index (κ3) is 2.67. The first-order chi connectivity index (χ1) is 9.25. The number of nitrogens with one attached hydrogen (secondary N) is 1. The van der Waals surface area contributed by atoms with E-state index in [-0.39, 0.29) is 0 Å². The Morgan fingerprint density at radius 2 is 2.16 bits per heavy atom. The van der Waals surface area contributed by atoms with Crippen LogP contribution in [0, 0.1) is 6.92 Å². The number of rotatable bonds is 2. The first kappa shape index (κ1) is 13.1. The maximum Gasteiger partial charge on any atom is 0.0752 e. The Balaban J connectivity index is 2.01. The normalized spacial score (nSPS) is 16.7. The number of pyridine rings is 1. The van der Waals surface area contributed by atoms with Crippen LogP contribution in [0.1, 0.15) is 18.4 Å². The number of fused-ring (bicyclic) bond motifs is 1. The second kappa shape index (κ2) is 5.59. The molecule has 2 heterocycles. The monoisotopic (exact) mass is 292 g/mol. The zero-order chi connectivity index (χ0) is 13.2. The molecular formula is C15H17ClN2S. The molecule has 0 amide bonds. The van der Waals surface area contributed by atoms with Gasteiger partial charge in [-0.25, -0.2) is 0 Å². The smallest absolute Gasteiger partial charge is 0.0752 e. The van der Waals surface area contributed by atoms with Gasteiger partial charge >= 0.3 is 0 Å². The predicted molar refractivity (Wildman–Crippen MR) is 85.5 cm³/mol. The Morgan fingerprint density at radius 1 is 1.37 bits per heavy atom. The fraction of sp³-hybridized carbons (Fsp3) is 0.400. The molecule has 0 atom stereocenters. The number of aryl methyl sites for hydroxylation is 1. The Morgan fingerprint density at radius 3 is 2.95 bits per heavy atom. The van der Waals surface area contributed by atoms with Gasteiger partial charge in [-0.1, -0.05) is 11.6 Å². The molecule has 1 fully saturated rings. The molecule has 19 heavy (non-hydrogen) atoms. The van der Waals surface area contributed by atoms with Gasteiger partial charge in [-0.3, -0.25) is 4.98 Å². The summed E-state index contributed by atoms with van der Waals surface area (Å²) in [6, 6.07) is 6.61. The van der Waals surface area contributed by atoms with Gasteiger partial charge in [0.15, 0.2) is 0 Å². The van der Waals surface area contributed by atoms with E-state index in [1.807, 2.05) is 30.1 Å². The van der Waals surface area contributed by atoms with Gasteiger partial charge in [-0.15, -0.1) is 0 Å². The van der Waals surface area contributed by atoms with Crippen molar-refractivity contribution < 1.29 is 0 Å². The topological polar surface area (TPSA) is 24.9 Å². The highest BCUT2D eigenvalue weighted by atomic mass is 35.5. The van der Waals surface area contributed by atoms with E-state index < -0.39 is 0 Å². The molecule has 1 aliphatic heterocycles. The van der Waals surface area contributed by atoms with Crippen molar-refractivity contribution in [1.29, 1.82) is 0 Å². The summed E-state index contributed by atoms with van der Waals surface area (Å²) in [4.78, 5) is 4.47. The average Bonchev–Trinajstić information content (AvgIpc) is 2.45. The van der Waals surface area contributed by atoms with Crippen molar-refractivity contribution in [2.24, 2.45) is 0 Å². The molecule has 0 aliphatic carbocycles. The third-order valence-corrected chi connectivity index (χ3v) is 4.95. The molecule has 0 spiro atoms. The molecule has 2 aromatic rings. The highest BCUT2D eigenvalue weighted by Gasteiger charge is 2.17. The molecule has 2 nitrogen and oxygen atoms in total. The first-order valence-electron chi connectivity index (χ1n) is 6.64. The van der Waals surface area contributed by atoms with Crippen LogP contribution >= 0.6 is 23.4 Å². The molecule has 1 aromatic carbocycles. The number of benzene rings is 1. The van der Waals surface area contributed by atoms with E-state index in [1.165, 1.54) is 24.3 Å². The summed E-state index contributed by atoms with van der Waals surface area (Å²) in [6.07, 6.45) is 4.25. The highest BCUT2D eigenvalue weighted by Crippen LogP contribution is 2.34. The van der Waals surface area contributed by atoms with Crippen LogP contribution in [0.15, 0.2) is 24.4 Å². The van der Waals surface area contributed by atoms with Crippen molar-refractivity contribution in [3.63, 3.8) is 0 Å². The number of halogens is 1. The van der Waals surface area contributed by atoms with Crippen molar-refractivity contribution in [3.05, 3.63) is 35.0 Å². The number of nitrogens with zero attached hydrogens (tertiary/aromatic N) is 1. The molecule has 0 saturated carbocycles. The molecule has 1 aromatic heterocycles. The minimum Gasteiger partial charge on any atom is -0.380 e. The Kier molecular flexibility index (Phi) is 3.85. The quantitative estimate of drug-likeness (QED) is 0.882. The molecule has 1 N–H and O–H groups in total. The number of hydrogen-bond donors (Lipinski definition) is 1. The Labute approximate surface area is 122 Å². The maximum atomic E-state index is 6.43. The summed E-state index contributed by atoms with van der Waals surface area (Å²) in [5, 5.41) is 5.57. The number of anilines is 1. The lowest BCUT2D eigenvalue weighted by Crippen LogP contribution is -2.24. The second-order valence-corrected chi connectivity index (χ2v) is 6.61. The second-order valence-electron chi connectivity index (χ2n) is 4.98. The summed E-state index contributed by atoms with van der Waals surface area (Å²) in [5.74, 6) is 2.47. The zero-order valence-electron chi connectivity index (χ0n) is 10.9. The van der Waals surface area contributed by atoms with Gasteiger partial charge in [0.25, 0.3) is 0 Å². The summed E-state index contributed by atoms with van der Waals surface area (Å²) in [5.41, 5.74) is 3.22. The van der Waals surface area contributed by atoms with E-state index >= 15 is 0 Å². The zero-order valence-corrected chi connectivity index (χ0v) is 12.5. The van der Waals surface area contributed by atoms with Crippen LogP contribution in [-0.4, -0.2) is 22.5 Å². The van der Waals surface area contributed by atoms with Gasteiger partial charge in [0.05, 0.1) is 16.2 Å². The van der Waals surface area contributed by atoms with Gasteiger partial charge in [-0.05, 0) is 55.0 Å². The maximum absolute atomic E-state index is 6.43. The fourth-order valence-corrected chi connectivity index (χ4v) is 4.00. The van der Waals surface area contributed by atoms with Crippen LogP contribution in [0.25, 0.3) is 10.9 Å². The number of hydrogen-bond acceptors (Lipinski definition) is 3. The van der Waals surface area contributed by atoms with Crippen molar-refractivity contribution in [2.45, 2.75) is 25.8 Å². The molecule has 4 heteroatoms. The van der Waals surface area contributed by atoms with Crippen molar-refractivity contribution in [1.82, 2.24) is 4.98 Å². The number of aromatic nitrogens is 1. The molecule has 1 aliphatic rings. The first-order valence-corrected chi connectivity index (χ1v) is 8.17. The fourth-order valence-electron chi connectivity index (χ4n) is 2.57. The predicted octanol–water partition coefficient (Wildman–Crippen LogP) is 4.50. The van der Waals surface area contributed by atoms with Crippen molar-refractivity contribution >= 4 is 40.0 Å². The minimum absolute atomic E-state index is 0.532. The van der Waals surface area contributed by atoms with Gasteiger partial charge < -0.3 is 5.32 Å². The molecular weight excluding hydrogens is 276 g/mol.